The Morgan fingerprint density at radius 3 is 2.62 bits per heavy atom. The van der Waals surface area contributed by atoms with Crippen LogP contribution in [-0.4, -0.2) is 32.6 Å². The summed E-state index contributed by atoms with van der Waals surface area (Å²) in [6.45, 7) is 6.30. The van der Waals surface area contributed by atoms with Crippen LogP contribution in [0.1, 0.15) is 49.7 Å². The molecule has 0 radical (unpaired) electrons. The van der Waals surface area contributed by atoms with E-state index in [0.717, 1.165) is 17.1 Å². The van der Waals surface area contributed by atoms with Crippen molar-refractivity contribution in [2.45, 2.75) is 37.9 Å². The molecule has 32 heavy (non-hydrogen) atoms. The zero-order chi connectivity index (χ0) is 23.1. The summed E-state index contributed by atoms with van der Waals surface area (Å²) in [4.78, 5) is 12.1. The SMILES string of the molecule is CC(C)c1ccc(C=NNC(=O)CSc2nnc(C(C)Nc3cccc(Cl)c3)n2C)cc1. The summed E-state index contributed by atoms with van der Waals surface area (Å²) in [5.74, 6) is 1.22. The highest BCUT2D eigenvalue weighted by molar-refractivity contribution is 7.99. The Balaban J connectivity index is 1.50. The van der Waals surface area contributed by atoms with Gasteiger partial charge in [0.05, 0.1) is 18.0 Å². The third-order valence-electron chi connectivity index (χ3n) is 4.80. The van der Waals surface area contributed by atoms with Crippen molar-refractivity contribution in [2.75, 3.05) is 11.1 Å². The molecule has 168 valence electrons. The highest BCUT2D eigenvalue weighted by atomic mass is 35.5. The van der Waals surface area contributed by atoms with E-state index in [1.165, 1.54) is 17.3 Å². The molecule has 0 bridgehead atoms. The lowest BCUT2D eigenvalue weighted by Crippen LogP contribution is -2.20. The van der Waals surface area contributed by atoms with Gasteiger partial charge in [-0.2, -0.15) is 5.10 Å². The minimum absolute atomic E-state index is 0.0826. The highest BCUT2D eigenvalue weighted by Crippen LogP contribution is 2.23. The Morgan fingerprint density at radius 2 is 1.94 bits per heavy atom. The first kappa shape index (κ1) is 23.8. The van der Waals surface area contributed by atoms with Gasteiger partial charge in [0, 0.05) is 17.8 Å². The highest BCUT2D eigenvalue weighted by Gasteiger charge is 2.16. The fourth-order valence-electron chi connectivity index (χ4n) is 3.03. The Bertz CT molecular complexity index is 1080. The van der Waals surface area contributed by atoms with Gasteiger partial charge in [-0.25, -0.2) is 5.43 Å². The lowest BCUT2D eigenvalue weighted by atomic mass is 10.0. The molecule has 9 heteroatoms. The van der Waals surface area contributed by atoms with Crippen LogP contribution in [0.3, 0.4) is 0 Å². The van der Waals surface area contributed by atoms with Crippen LogP contribution in [0.2, 0.25) is 5.02 Å². The van der Waals surface area contributed by atoms with Crippen molar-refractivity contribution in [2.24, 2.45) is 12.1 Å². The van der Waals surface area contributed by atoms with E-state index in [0.29, 0.717) is 16.1 Å². The number of anilines is 1. The van der Waals surface area contributed by atoms with Crippen molar-refractivity contribution in [1.29, 1.82) is 0 Å². The molecule has 1 unspecified atom stereocenters. The molecule has 0 aliphatic heterocycles. The van der Waals surface area contributed by atoms with Crippen LogP contribution >= 0.6 is 23.4 Å². The molecule has 2 N–H and O–H groups in total. The van der Waals surface area contributed by atoms with Crippen LogP contribution in [0.15, 0.2) is 58.8 Å². The lowest BCUT2D eigenvalue weighted by Gasteiger charge is -2.15. The van der Waals surface area contributed by atoms with E-state index in [1.54, 1.807) is 6.21 Å². The van der Waals surface area contributed by atoms with Crippen molar-refractivity contribution in [1.82, 2.24) is 20.2 Å². The molecule has 3 rings (SSSR count). The third kappa shape index (κ3) is 6.58. The number of aromatic nitrogens is 3. The molecule has 7 nitrogen and oxygen atoms in total. The molecule has 0 aliphatic carbocycles. The number of thioether (sulfide) groups is 1. The topological polar surface area (TPSA) is 84.2 Å². The number of nitrogens with one attached hydrogen (secondary N) is 2. The number of hydrogen-bond donors (Lipinski definition) is 2. The second-order valence-corrected chi connectivity index (χ2v) is 9.06. The van der Waals surface area contributed by atoms with Gasteiger partial charge in [-0.1, -0.05) is 67.5 Å². The third-order valence-corrected chi connectivity index (χ3v) is 6.06. The predicted molar refractivity (Wildman–Crippen MR) is 131 cm³/mol. The maximum absolute atomic E-state index is 12.1. The molecule has 1 atom stereocenters. The van der Waals surface area contributed by atoms with E-state index in [9.17, 15) is 4.79 Å². The van der Waals surface area contributed by atoms with E-state index in [1.807, 2.05) is 54.9 Å². The van der Waals surface area contributed by atoms with Gasteiger partial charge in [-0.05, 0) is 42.2 Å². The molecule has 2 aromatic carbocycles. The molecular formula is C23H27ClN6OS. The number of carbonyl (C=O) groups excluding carboxylic acids is 1. The number of halogens is 1. The first-order valence-electron chi connectivity index (χ1n) is 10.3. The van der Waals surface area contributed by atoms with Crippen LogP contribution in [0.5, 0.6) is 0 Å². The summed E-state index contributed by atoms with van der Waals surface area (Å²) in [6, 6.07) is 15.5. The second kappa shape index (κ2) is 11.2. The summed E-state index contributed by atoms with van der Waals surface area (Å²) < 4.78 is 1.87. The first-order chi connectivity index (χ1) is 15.3. The van der Waals surface area contributed by atoms with E-state index in [4.69, 9.17) is 11.6 Å². The molecule has 0 aliphatic rings. The fourth-order valence-corrected chi connectivity index (χ4v) is 3.93. The fraction of sp³-hybridized carbons (Fsp3) is 0.304. The minimum Gasteiger partial charge on any atom is -0.375 e. The van der Waals surface area contributed by atoms with Crippen molar-refractivity contribution < 1.29 is 4.79 Å². The average molecular weight is 471 g/mol. The van der Waals surface area contributed by atoms with Gasteiger partial charge < -0.3 is 9.88 Å². The molecule has 1 amide bonds. The largest absolute Gasteiger partial charge is 0.375 e. The summed E-state index contributed by atoms with van der Waals surface area (Å²) in [6.07, 6.45) is 1.64. The first-order valence-corrected chi connectivity index (χ1v) is 11.7. The van der Waals surface area contributed by atoms with E-state index in [-0.39, 0.29) is 17.7 Å². The number of hydrazone groups is 1. The van der Waals surface area contributed by atoms with Crippen LogP contribution in [0.4, 0.5) is 5.69 Å². The zero-order valence-electron chi connectivity index (χ0n) is 18.5. The number of hydrogen-bond acceptors (Lipinski definition) is 6. The molecule has 3 aromatic rings. The molecule has 1 aromatic heterocycles. The maximum Gasteiger partial charge on any atom is 0.250 e. The summed E-state index contributed by atoms with van der Waals surface area (Å²) >= 11 is 7.35. The second-order valence-electron chi connectivity index (χ2n) is 7.68. The Labute approximate surface area is 197 Å². The summed E-state index contributed by atoms with van der Waals surface area (Å²) in [5.41, 5.74) is 5.65. The van der Waals surface area contributed by atoms with Crippen LogP contribution in [0, 0.1) is 0 Å². The van der Waals surface area contributed by atoms with Gasteiger partial charge in [-0.15, -0.1) is 10.2 Å². The van der Waals surface area contributed by atoms with Gasteiger partial charge in [-0.3, -0.25) is 4.79 Å². The zero-order valence-corrected chi connectivity index (χ0v) is 20.1. The molecule has 0 fully saturated rings. The van der Waals surface area contributed by atoms with Crippen LogP contribution in [0.25, 0.3) is 0 Å². The Hall–Kier alpha value is -2.84. The van der Waals surface area contributed by atoms with Gasteiger partial charge in [0.1, 0.15) is 0 Å². The standard InChI is InChI=1S/C23H27ClN6OS/c1-15(2)18-10-8-17(9-11-18)13-25-27-21(31)14-32-23-29-28-22(30(23)4)16(3)26-20-7-5-6-19(24)12-20/h5-13,15-16,26H,14H2,1-4H3,(H,27,31). The predicted octanol–water partition coefficient (Wildman–Crippen LogP) is 5.01. The number of carbonyl (C=O) groups is 1. The summed E-state index contributed by atoms with van der Waals surface area (Å²) in [7, 11) is 1.88. The number of rotatable bonds is 9. The van der Waals surface area contributed by atoms with Crippen molar-refractivity contribution in [3.8, 4) is 0 Å². The average Bonchev–Trinajstić information content (AvgIpc) is 3.13. The molecular weight excluding hydrogens is 444 g/mol. The van der Waals surface area contributed by atoms with Crippen molar-refractivity contribution >= 4 is 41.2 Å². The van der Waals surface area contributed by atoms with Crippen molar-refractivity contribution in [3.63, 3.8) is 0 Å². The maximum atomic E-state index is 12.1. The van der Waals surface area contributed by atoms with E-state index in [2.05, 4.69) is 52.0 Å². The number of amides is 1. The minimum atomic E-state index is -0.209. The van der Waals surface area contributed by atoms with Gasteiger partial charge >= 0.3 is 0 Å². The normalized spacial score (nSPS) is 12.3. The number of benzene rings is 2. The van der Waals surface area contributed by atoms with Crippen molar-refractivity contribution in [3.05, 3.63) is 70.5 Å². The summed E-state index contributed by atoms with van der Waals surface area (Å²) in [5, 5.41) is 17.2. The van der Waals surface area contributed by atoms with Gasteiger partial charge in [0.2, 0.25) is 0 Å². The number of nitrogens with zero attached hydrogens (tertiary/aromatic N) is 4. The molecule has 0 saturated heterocycles. The van der Waals surface area contributed by atoms with Gasteiger partial charge in [0.15, 0.2) is 11.0 Å². The van der Waals surface area contributed by atoms with Crippen LogP contribution in [-0.2, 0) is 11.8 Å². The molecule has 0 spiro atoms. The smallest absolute Gasteiger partial charge is 0.250 e. The van der Waals surface area contributed by atoms with E-state index >= 15 is 0 Å². The monoisotopic (exact) mass is 470 g/mol. The molecule has 1 heterocycles. The van der Waals surface area contributed by atoms with Crippen LogP contribution < -0.4 is 10.7 Å². The lowest BCUT2D eigenvalue weighted by molar-refractivity contribution is -0.118. The van der Waals surface area contributed by atoms with Gasteiger partial charge in [0.25, 0.3) is 5.91 Å². The quantitative estimate of drug-likeness (QED) is 0.261. The van der Waals surface area contributed by atoms with E-state index < -0.39 is 0 Å². The Kier molecular flexibility index (Phi) is 8.30. The molecule has 0 saturated carbocycles. The Morgan fingerprint density at radius 1 is 1.19 bits per heavy atom.